The van der Waals surface area contributed by atoms with Gasteiger partial charge in [-0.25, -0.2) is 4.89 Å². The second kappa shape index (κ2) is 6.93. The molecule has 0 saturated carbocycles. The van der Waals surface area contributed by atoms with Crippen LogP contribution in [0, 0.1) is 0 Å². The molecular weight excluding hydrogens is 262 g/mol. The summed E-state index contributed by atoms with van der Waals surface area (Å²) in [6.45, 7) is 1.47. The molecule has 104 valence electrons. The molecule has 1 aromatic rings. The molecule has 0 aliphatic carbocycles. The Morgan fingerprint density at radius 1 is 1.42 bits per heavy atom. The number of thioether (sulfide) groups is 1. The lowest BCUT2D eigenvalue weighted by Gasteiger charge is -2.32. The van der Waals surface area contributed by atoms with E-state index in [0.717, 1.165) is 12.1 Å². The van der Waals surface area contributed by atoms with Gasteiger partial charge in [0.05, 0.1) is 5.25 Å². The molecule has 0 spiro atoms. The number of hydrogen-bond acceptors (Lipinski definition) is 4. The maximum Gasteiger partial charge on any atom is 0.224 e. The Labute approximate surface area is 117 Å². The molecule has 0 aromatic heterocycles. The lowest BCUT2D eigenvalue weighted by Crippen LogP contribution is -2.44. The van der Waals surface area contributed by atoms with Crippen molar-refractivity contribution in [3.05, 3.63) is 35.9 Å². The van der Waals surface area contributed by atoms with E-state index in [1.54, 1.807) is 16.7 Å². The Morgan fingerprint density at radius 3 is 2.63 bits per heavy atom. The van der Waals surface area contributed by atoms with Crippen molar-refractivity contribution in [2.45, 2.75) is 24.2 Å². The standard InChI is InChI=1S/C14H19NO3S/c1-19-14(11-5-3-2-4-6-11)12(18-17)7-9-15-10-8-13(15)16/h2-6,12,14,17H,7-10H2,1H3. The van der Waals surface area contributed by atoms with E-state index < -0.39 is 0 Å². The molecule has 1 amide bonds. The summed E-state index contributed by atoms with van der Waals surface area (Å²) in [5.74, 6) is 0.192. The Hall–Kier alpha value is -1.04. The van der Waals surface area contributed by atoms with Crippen molar-refractivity contribution < 1.29 is 14.9 Å². The van der Waals surface area contributed by atoms with Crippen LogP contribution in [0.3, 0.4) is 0 Å². The molecule has 1 fully saturated rings. The summed E-state index contributed by atoms with van der Waals surface area (Å²) < 4.78 is 0. The van der Waals surface area contributed by atoms with E-state index in [0.29, 0.717) is 19.4 Å². The summed E-state index contributed by atoms with van der Waals surface area (Å²) in [5, 5.41) is 9.21. The summed E-state index contributed by atoms with van der Waals surface area (Å²) >= 11 is 1.65. The van der Waals surface area contributed by atoms with Gasteiger partial charge >= 0.3 is 0 Å². The first-order valence-electron chi connectivity index (χ1n) is 6.42. The Morgan fingerprint density at radius 2 is 2.16 bits per heavy atom. The zero-order chi connectivity index (χ0) is 13.7. The molecule has 1 saturated heterocycles. The van der Waals surface area contributed by atoms with Gasteiger partial charge in [0.2, 0.25) is 5.91 Å². The molecule has 1 aliphatic heterocycles. The van der Waals surface area contributed by atoms with Gasteiger partial charge in [0.1, 0.15) is 6.10 Å². The zero-order valence-electron chi connectivity index (χ0n) is 11.0. The first kappa shape index (κ1) is 14.4. The number of hydrogen-bond donors (Lipinski definition) is 1. The Kier molecular flexibility index (Phi) is 5.24. The Balaban J connectivity index is 1.96. The fourth-order valence-electron chi connectivity index (χ4n) is 2.29. The average Bonchev–Trinajstić information content (AvgIpc) is 2.45. The van der Waals surface area contributed by atoms with Crippen molar-refractivity contribution in [1.29, 1.82) is 0 Å². The van der Waals surface area contributed by atoms with Gasteiger partial charge in [-0.15, -0.1) is 0 Å². The number of carbonyl (C=O) groups is 1. The van der Waals surface area contributed by atoms with Gasteiger partial charge in [-0.1, -0.05) is 30.3 Å². The first-order valence-corrected chi connectivity index (χ1v) is 7.70. The molecule has 0 bridgehead atoms. The summed E-state index contributed by atoms with van der Waals surface area (Å²) in [4.78, 5) is 17.7. The number of β-lactam (4-membered cyclic amide) rings is 1. The van der Waals surface area contributed by atoms with Gasteiger partial charge in [0.25, 0.3) is 0 Å². The van der Waals surface area contributed by atoms with Crippen LogP contribution < -0.4 is 0 Å². The van der Waals surface area contributed by atoms with Gasteiger partial charge in [0, 0.05) is 19.5 Å². The third-order valence-electron chi connectivity index (χ3n) is 3.49. The topological polar surface area (TPSA) is 49.8 Å². The highest BCUT2D eigenvalue weighted by Crippen LogP contribution is 2.33. The fraction of sp³-hybridized carbons (Fsp3) is 0.500. The number of amides is 1. The molecule has 5 heteroatoms. The van der Waals surface area contributed by atoms with Crippen molar-refractivity contribution in [3.8, 4) is 0 Å². The molecule has 1 heterocycles. The van der Waals surface area contributed by atoms with Crippen LogP contribution in [0.2, 0.25) is 0 Å². The highest BCUT2D eigenvalue weighted by molar-refractivity contribution is 7.98. The summed E-state index contributed by atoms with van der Waals surface area (Å²) in [5.41, 5.74) is 1.13. The van der Waals surface area contributed by atoms with Crippen molar-refractivity contribution in [2.24, 2.45) is 0 Å². The van der Waals surface area contributed by atoms with Gasteiger partial charge in [-0.2, -0.15) is 11.8 Å². The van der Waals surface area contributed by atoms with Crippen LogP contribution in [0.1, 0.15) is 23.7 Å². The largest absolute Gasteiger partial charge is 0.342 e. The summed E-state index contributed by atoms with van der Waals surface area (Å²) in [6, 6.07) is 9.98. The number of benzene rings is 1. The van der Waals surface area contributed by atoms with Crippen molar-refractivity contribution in [3.63, 3.8) is 0 Å². The predicted octanol–water partition coefficient (Wildman–Crippen LogP) is 2.57. The molecule has 19 heavy (non-hydrogen) atoms. The van der Waals surface area contributed by atoms with Crippen LogP contribution in [0.15, 0.2) is 30.3 Å². The highest BCUT2D eigenvalue weighted by Gasteiger charge is 2.28. The smallest absolute Gasteiger partial charge is 0.224 e. The van der Waals surface area contributed by atoms with E-state index in [9.17, 15) is 4.79 Å². The van der Waals surface area contributed by atoms with Gasteiger partial charge in [-0.05, 0) is 18.2 Å². The normalized spacial score (nSPS) is 18.0. The lowest BCUT2D eigenvalue weighted by atomic mass is 10.0. The van der Waals surface area contributed by atoms with E-state index in [2.05, 4.69) is 4.89 Å². The molecule has 2 atom stereocenters. The van der Waals surface area contributed by atoms with Crippen LogP contribution in [0.5, 0.6) is 0 Å². The molecule has 1 N–H and O–H groups in total. The van der Waals surface area contributed by atoms with Crippen molar-refractivity contribution in [2.75, 3.05) is 19.3 Å². The minimum atomic E-state index is -0.300. The van der Waals surface area contributed by atoms with Gasteiger partial charge < -0.3 is 4.90 Å². The summed E-state index contributed by atoms with van der Waals surface area (Å²) in [6.07, 6.45) is 2.99. The molecule has 1 aromatic carbocycles. The van der Waals surface area contributed by atoms with E-state index in [1.807, 2.05) is 36.6 Å². The second-order valence-electron chi connectivity index (χ2n) is 4.63. The van der Waals surface area contributed by atoms with Crippen LogP contribution >= 0.6 is 11.8 Å². The average molecular weight is 281 g/mol. The maximum absolute atomic E-state index is 11.3. The fourth-order valence-corrected chi connectivity index (χ4v) is 3.20. The van der Waals surface area contributed by atoms with Crippen molar-refractivity contribution in [1.82, 2.24) is 4.90 Å². The lowest BCUT2D eigenvalue weighted by molar-refractivity contribution is -0.280. The van der Waals surface area contributed by atoms with Crippen molar-refractivity contribution >= 4 is 17.7 Å². The van der Waals surface area contributed by atoms with E-state index >= 15 is 0 Å². The van der Waals surface area contributed by atoms with Crippen LogP contribution in [0.4, 0.5) is 0 Å². The third kappa shape index (κ3) is 3.49. The Bertz CT molecular complexity index is 412. The number of carbonyl (C=O) groups excluding carboxylic acids is 1. The van der Waals surface area contributed by atoms with E-state index in [-0.39, 0.29) is 17.3 Å². The molecule has 2 unspecified atom stereocenters. The molecule has 2 rings (SSSR count). The second-order valence-corrected chi connectivity index (χ2v) is 5.61. The van der Waals surface area contributed by atoms with Crippen LogP contribution in [-0.4, -0.2) is 41.5 Å². The number of likely N-dealkylation sites (tertiary alicyclic amines) is 1. The minimum Gasteiger partial charge on any atom is -0.342 e. The maximum atomic E-state index is 11.3. The monoisotopic (exact) mass is 281 g/mol. The first-order chi connectivity index (χ1) is 9.26. The van der Waals surface area contributed by atoms with Crippen LogP contribution in [0.25, 0.3) is 0 Å². The molecule has 4 nitrogen and oxygen atoms in total. The molecule has 1 aliphatic rings. The predicted molar refractivity (Wildman–Crippen MR) is 76.0 cm³/mol. The zero-order valence-corrected chi connectivity index (χ0v) is 11.8. The summed E-state index contributed by atoms with van der Waals surface area (Å²) in [7, 11) is 0. The number of nitrogens with zero attached hydrogens (tertiary/aromatic N) is 1. The van der Waals surface area contributed by atoms with Gasteiger partial charge in [-0.3, -0.25) is 10.1 Å². The van der Waals surface area contributed by atoms with E-state index in [1.165, 1.54) is 0 Å². The quantitative estimate of drug-likeness (QED) is 0.474. The molecule has 0 radical (unpaired) electrons. The van der Waals surface area contributed by atoms with Gasteiger partial charge in [0.15, 0.2) is 0 Å². The minimum absolute atomic E-state index is 0.0718. The van der Waals surface area contributed by atoms with E-state index in [4.69, 9.17) is 5.26 Å². The molecular formula is C14H19NO3S. The SMILES string of the molecule is CSC(c1ccccc1)C(CCN1CCC1=O)OO. The third-order valence-corrected chi connectivity index (χ3v) is 4.57. The van der Waals surface area contributed by atoms with Crippen LogP contribution in [-0.2, 0) is 9.68 Å². The number of rotatable bonds is 7. The highest BCUT2D eigenvalue weighted by atomic mass is 32.2.